The van der Waals surface area contributed by atoms with Crippen molar-refractivity contribution in [2.45, 2.75) is 6.92 Å². The van der Waals surface area contributed by atoms with Crippen LogP contribution < -0.4 is 4.90 Å². The van der Waals surface area contributed by atoms with E-state index in [-0.39, 0.29) is 11.3 Å². The molecule has 0 aliphatic carbocycles. The van der Waals surface area contributed by atoms with Gasteiger partial charge in [0.05, 0.1) is 21.6 Å². The predicted octanol–water partition coefficient (Wildman–Crippen LogP) is 4.43. The fourth-order valence-corrected chi connectivity index (χ4v) is 2.07. The highest BCUT2D eigenvalue weighted by atomic mass is 19.1. The fourth-order valence-electron chi connectivity index (χ4n) is 2.07. The van der Waals surface area contributed by atoms with Gasteiger partial charge in [0.2, 0.25) is 5.82 Å². The summed E-state index contributed by atoms with van der Waals surface area (Å²) in [6.45, 7) is 1.18. The molecule has 130 valence electrons. The van der Waals surface area contributed by atoms with Crippen molar-refractivity contribution >= 4 is 28.4 Å². The highest BCUT2D eigenvalue weighted by molar-refractivity contribution is 5.67. The predicted molar refractivity (Wildman–Crippen MR) is 89.4 cm³/mol. The lowest BCUT2D eigenvalue weighted by atomic mass is 10.1. The maximum atomic E-state index is 14.1. The first kappa shape index (κ1) is 17.9. The molecule has 0 saturated heterocycles. The molecule has 25 heavy (non-hydrogen) atoms. The molecule has 0 aromatic heterocycles. The van der Waals surface area contributed by atoms with E-state index in [9.17, 15) is 24.6 Å². The van der Waals surface area contributed by atoms with Gasteiger partial charge in [-0.15, -0.1) is 5.11 Å². The first-order chi connectivity index (χ1) is 11.7. The second-order valence-corrected chi connectivity index (χ2v) is 5.33. The van der Waals surface area contributed by atoms with Crippen LogP contribution in [-0.4, -0.2) is 23.9 Å². The Morgan fingerprint density at radius 2 is 1.56 bits per heavy atom. The van der Waals surface area contributed by atoms with E-state index in [1.54, 1.807) is 24.3 Å². The minimum atomic E-state index is -1.17. The maximum Gasteiger partial charge on any atom is 0.312 e. The van der Waals surface area contributed by atoms with Crippen LogP contribution in [0.3, 0.4) is 0 Å². The number of hydrogen-bond donors (Lipinski definition) is 0. The third-order valence-corrected chi connectivity index (χ3v) is 3.45. The van der Waals surface area contributed by atoms with E-state index >= 15 is 0 Å². The Bertz CT molecular complexity index is 865. The van der Waals surface area contributed by atoms with Gasteiger partial charge < -0.3 is 4.90 Å². The van der Waals surface area contributed by atoms with Crippen LogP contribution in [0.4, 0.5) is 32.8 Å². The molecule has 0 fully saturated rings. The molecule has 0 bridgehead atoms. The Morgan fingerprint density at radius 3 is 2.04 bits per heavy atom. The number of anilines is 1. The summed E-state index contributed by atoms with van der Waals surface area (Å²) in [5.74, 6) is -1.17. The summed E-state index contributed by atoms with van der Waals surface area (Å²) in [6, 6.07) is 7.37. The van der Waals surface area contributed by atoms with Crippen LogP contribution in [-0.2, 0) is 0 Å². The molecule has 2 aromatic carbocycles. The average molecular weight is 347 g/mol. The zero-order valence-electron chi connectivity index (χ0n) is 13.6. The summed E-state index contributed by atoms with van der Waals surface area (Å²) in [4.78, 5) is 22.0. The molecule has 0 N–H and O–H groups in total. The van der Waals surface area contributed by atoms with Crippen LogP contribution in [0.2, 0.25) is 0 Å². The Labute approximate surface area is 141 Å². The van der Waals surface area contributed by atoms with Gasteiger partial charge in [0.15, 0.2) is 5.69 Å². The molecule has 0 saturated carbocycles. The van der Waals surface area contributed by atoms with Crippen LogP contribution in [0.5, 0.6) is 0 Å². The normalized spacial score (nSPS) is 10.9. The van der Waals surface area contributed by atoms with Crippen molar-refractivity contribution in [3.8, 4) is 0 Å². The first-order valence-corrected chi connectivity index (χ1v) is 7.03. The standard InChI is InChI=1S/C15H14FN5O4/c1-9-14(16)12(20(22)23)8-13(21(24)25)15(9)18-17-10-4-6-11(7-5-10)19(2)3/h4-8H,1-3H3. The molecule has 0 heterocycles. The number of rotatable bonds is 5. The van der Waals surface area contributed by atoms with Crippen LogP contribution in [0.1, 0.15) is 5.56 Å². The van der Waals surface area contributed by atoms with Gasteiger partial charge in [-0.05, 0) is 31.2 Å². The number of benzene rings is 2. The van der Waals surface area contributed by atoms with Crippen molar-refractivity contribution in [1.82, 2.24) is 0 Å². The second kappa shape index (κ2) is 6.99. The summed E-state index contributed by atoms with van der Waals surface area (Å²) in [7, 11) is 3.73. The Morgan fingerprint density at radius 1 is 1.00 bits per heavy atom. The molecule has 0 unspecified atom stereocenters. The minimum Gasteiger partial charge on any atom is -0.378 e. The SMILES string of the molecule is Cc1c(F)c([N+](=O)[O-])cc([N+](=O)[O-])c1N=Nc1ccc(N(C)C)cc1. The molecule has 0 spiro atoms. The van der Waals surface area contributed by atoms with Crippen LogP contribution >= 0.6 is 0 Å². The number of azo groups is 1. The van der Waals surface area contributed by atoms with Gasteiger partial charge in [-0.1, -0.05) is 0 Å². The number of nitro benzene ring substituents is 2. The third-order valence-electron chi connectivity index (χ3n) is 3.45. The molecule has 2 rings (SSSR count). The van der Waals surface area contributed by atoms with Crippen molar-refractivity contribution in [1.29, 1.82) is 0 Å². The summed E-state index contributed by atoms with van der Waals surface area (Å²) < 4.78 is 14.1. The Balaban J connectivity index is 2.49. The van der Waals surface area contributed by atoms with Gasteiger partial charge in [0.25, 0.3) is 0 Å². The lowest BCUT2D eigenvalue weighted by Gasteiger charge is -2.11. The van der Waals surface area contributed by atoms with Gasteiger partial charge in [0, 0.05) is 25.3 Å². The van der Waals surface area contributed by atoms with Crippen molar-refractivity contribution in [3.05, 3.63) is 61.9 Å². The minimum absolute atomic E-state index is 0.311. The third kappa shape index (κ3) is 3.74. The Kier molecular flexibility index (Phi) is 5.01. The van der Waals surface area contributed by atoms with Gasteiger partial charge in [0.1, 0.15) is 0 Å². The quantitative estimate of drug-likeness (QED) is 0.451. The van der Waals surface area contributed by atoms with E-state index in [4.69, 9.17) is 0 Å². The highest BCUT2D eigenvalue weighted by Crippen LogP contribution is 2.38. The van der Waals surface area contributed by atoms with Crippen molar-refractivity contribution < 1.29 is 14.2 Å². The lowest BCUT2D eigenvalue weighted by molar-refractivity contribution is -0.395. The molecule has 9 nitrogen and oxygen atoms in total. The molecule has 0 atom stereocenters. The summed E-state index contributed by atoms with van der Waals surface area (Å²) in [5.41, 5.74) is -1.00. The van der Waals surface area contributed by atoms with Gasteiger partial charge in [-0.25, -0.2) is 0 Å². The lowest BCUT2D eigenvalue weighted by Crippen LogP contribution is -2.07. The van der Waals surface area contributed by atoms with E-state index in [2.05, 4.69) is 10.2 Å². The largest absolute Gasteiger partial charge is 0.378 e. The van der Waals surface area contributed by atoms with Crippen LogP contribution in [0, 0.1) is 33.0 Å². The molecule has 10 heteroatoms. The summed E-state index contributed by atoms with van der Waals surface area (Å²) in [5, 5.41) is 29.6. The van der Waals surface area contributed by atoms with E-state index < -0.39 is 27.0 Å². The molecule has 0 amide bonds. The number of nitro groups is 2. The van der Waals surface area contributed by atoms with E-state index in [0.29, 0.717) is 11.8 Å². The topological polar surface area (TPSA) is 114 Å². The van der Waals surface area contributed by atoms with Crippen molar-refractivity contribution in [3.63, 3.8) is 0 Å². The van der Waals surface area contributed by atoms with Crippen molar-refractivity contribution in [2.24, 2.45) is 10.2 Å². The second-order valence-electron chi connectivity index (χ2n) is 5.33. The van der Waals surface area contributed by atoms with E-state index in [1.807, 2.05) is 19.0 Å². The van der Waals surface area contributed by atoms with Gasteiger partial charge in [-0.2, -0.15) is 9.50 Å². The Hall–Kier alpha value is -3.43. The monoisotopic (exact) mass is 347 g/mol. The van der Waals surface area contributed by atoms with E-state index in [1.165, 1.54) is 6.92 Å². The molecule has 0 aliphatic rings. The fraction of sp³-hybridized carbons (Fsp3) is 0.200. The van der Waals surface area contributed by atoms with Crippen LogP contribution in [0.15, 0.2) is 40.6 Å². The molecular formula is C15H14FN5O4. The highest BCUT2D eigenvalue weighted by Gasteiger charge is 2.28. The zero-order chi connectivity index (χ0) is 18.7. The molecule has 2 aromatic rings. The summed E-state index contributed by atoms with van der Waals surface area (Å²) >= 11 is 0. The number of halogens is 1. The molecule has 0 aliphatic heterocycles. The molecular weight excluding hydrogens is 333 g/mol. The van der Waals surface area contributed by atoms with Crippen LogP contribution in [0.25, 0.3) is 0 Å². The summed E-state index contributed by atoms with van der Waals surface area (Å²) in [6.07, 6.45) is 0. The zero-order valence-corrected chi connectivity index (χ0v) is 13.6. The van der Waals surface area contributed by atoms with Crippen molar-refractivity contribution in [2.75, 3.05) is 19.0 Å². The smallest absolute Gasteiger partial charge is 0.312 e. The average Bonchev–Trinajstić information content (AvgIpc) is 2.55. The van der Waals surface area contributed by atoms with Gasteiger partial charge >= 0.3 is 11.4 Å². The molecule has 0 radical (unpaired) electrons. The van der Waals surface area contributed by atoms with Gasteiger partial charge in [-0.3, -0.25) is 20.2 Å². The van der Waals surface area contributed by atoms with E-state index in [0.717, 1.165) is 5.69 Å². The first-order valence-electron chi connectivity index (χ1n) is 7.03. The number of nitrogens with zero attached hydrogens (tertiary/aromatic N) is 5. The maximum absolute atomic E-state index is 14.1. The number of hydrogen-bond acceptors (Lipinski definition) is 7.